The minimum atomic E-state index is 0.0453. The van der Waals surface area contributed by atoms with Crippen LogP contribution in [-0.2, 0) is 6.54 Å². The third-order valence-corrected chi connectivity index (χ3v) is 4.54. The van der Waals surface area contributed by atoms with E-state index in [9.17, 15) is 0 Å². The molecule has 0 aliphatic heterocycles. The lowest BCUT2D eigenvalue weighted by atomic mass is 10.0. The van der Waals surface area contributed by atoms with Gasteiger partial charge in [0.2, 0.25) is 0 Å². The van der Waals surface area contributed by atoms with Gasteiger partial charge in [-0.25, -0.2) is 0 Å². The van der Waals surface area contributed by atoms with E-state index < -0.39 is 0 Å². The van der Waals surface area contributed by atoms with Crippen LogP contribution in [0.25, 0.3) is 0 Å². The zero-order chi connectivity index (χ0) is 15.2. The second-order valence-electron chi connectivity index (χ2n) is 5.28. The largest absolute Gasteiger partial charge is 0.324 e. The molecule has 0 spiro atoms. The highest BCUT2D eigenvalue weighted by Gasteiger charge is 2.09. The Morgan fingerprint density at radius 2 is 1.81 bits per heavy atom. The number of hydrogen-bond donors (Lipinski definition) is 1. The summed E-state index contributed by atoms with van der Waals surface area (Å²) in [5.74, 6) is 0. The van der Waals surface area contributed by atoms with Crippen LogP contribution in [0.3, 0.4) is 0 Å². The Morgan fingerprint density at radius 1 is 1.14 bits per heavy atom. The second-order valence-corrected chi connectivity index (χ2v) is 6.57. The van der Waals surface area contributed by atoms with E-state index in [4.69, 9.17) is 17.3 Å². The number of hydrogen-bond acceptors (Lipinski definition) is 2. The second kappa shape index (κ2) is 7.95. The molecule has 0 bridgehead atoms. The number of rotatable bonds is 6. The first kappa shape index (κ1) is 16.5. The Morgan fingerprint density at radius 3 is 2.48 bits per heavy atom. The Labute approximate surface area is 140 Å². The van der Waals surface area contributed by atoms with E-state index in [0.29, 0.717) is 0 Å². The summed E-state index contributed by atoms with van der Waals surface area (Å²) in [6.45, 7) is 1.86. The molecular formula is C17H20BrClN2. The SMILES string of the molecule is CN(CCC(N)c1ccc(Cl)cc1)Cc1ccccc1Br. The molecule has 4 heteroatoms. The van der Waals surface area contributed by atoms with E-state index in [2.05, 4.69) is 46.1 Å². The fraction of sp³-hybridized carbons (Fsp3) is 0.294. The molecule has 2 aromatic rings. The van der Waals surface area contributed by atoms with Gasteiger partial charge < -0.3 is 10.6 Å². The quantitative estimate of drug-likeness (QED) is 0.807. The maximum atomic E-state index is 6.24. The molecule has 0 radical (unpaired) electrons. The van der Waals surface area contributed by atoms with Gasteiger partial charge in [-0.2, -0.15) is 0 Å². The van der Waals surface area contributed by atoms with Crippen molar-refractivity contribution in [1.82, 2.24) is 4.90 Å². The van der Waals surface area contributed by atoms with Crippen LogP contribution >= 0.6 is 27.5 Å². The van der Waals surface area contributed by atoms with E-state index in [0.717, 1.165) is 34.6 Å². The molecule has 2 nitrogen and oxygen atoms in total. The first-order chi connectivity index (χ1) is 10.1. The van der Waals surface area contributed by atoms with Crippen LogP contribution in [0.2, 0.25) is 5.02 Å². The van der Waals surface area contributed by atoms with Crippen molar-refractivity contribution in [3.63, 3.8) is 0 Å². The van der Waals surface area contributed by atoms with Crippen molar-refractivity contribution in [3.8, 4) is 0 Å². The predicted molar refractivity (Wildman–Crippen MR) is 93.5 cm³/mol. The molecule has 0 saturated carbocycles. The monoisotopic (exact) mass is 366 g/mol. The summed E-state index contributed by atoms with van der Waals surface area (Å²) in [5.41, 5.74) is 8.66. The molecule has 0 heterocycles. The van der Waals surface area contributed by atoms with Gasteiger partial charge in [0.15, 0.2) is 0 Å². The molecular weight excluding hydrogens is 348 g/mol. The van der Waals surface area contributed by atoms with Crippen molar-refractivity contribution in [2.75, 3.05) is 13.6 Å². The van der Waals surface area contributed by atoms with Crippen LogP contribution in [0.4, 0.5) is 0 Å². The Bertz CT molecular complexity index is 571. The summed E-state index contributed by atoms with van der Waals surface area (Å²) >= 11 is 9.48. The van der Waals surface area contributed by atoms with Crippen molar-refractivity contribution >= 4 is 27.5 Å². The van der Waals surface area contributed by atoms with E-state index in [-0.39, 0.29) is 6.04 Å². The molecule has 0 aliphatic rings. The summed E-state index contributed by atoms with van der Waals surface area (Å²) in [5, 5.41) is 0.747. The lowest BCUT2D eigenvalue weighted by molar-refractivity contribution is 0.311. The number of benzene rings is 2. The summed E-state index contributed by atoms with van der Waals surface area (Å²) in [7, 11) is 2.12. The van der Waals surface area contributed by atoms with E-state index in [1.807, 2.05) is 30.3 Å². The zero-order valence-corrected chi connectivity index (χ0v) is 14.4. The zero-order valence-electron chi connectivity index (χ0n) is 12.1. The van der Waals surface area contributed by atoms with Gasteiger partial charge in [-0.05, 0) is 49.3 Å². The van der Waals surface area contributed by atoms with Crippen LogP contribution in [0, 0.1) is 0 Å². The van der Waals surface area contributed by atoms with E-state index >= 15 is 0 Å². The maximum absolute atomic E-state index is 6.24. The minimum absolute atomic E-state index is 0.0453. The van der Waals surface area contributed by atoms with Crippen molar-refractivity contribution in [2.45, 2.75) is 19.0 Å². The standard InChI is InChI=1S/C17H20BrClN2/c1-21(12-14-4-2-3-5-16(14)18)11-10-17(20)13-6-8-15(19)9-7-13/h2-9,17H,10-12,20H2,1H3. The molecule has 0 aliphatic carbocycles. The van der Waals surface area contributed by atoms with Crippen LogP contribution in [-0.4, -0.2) is 18.5 Å². The van der Waals surface area contributed by atoms with Crippen LogP contribution < -0.4 is 5.73 Å². The van der Waals surface area contributed by atoms with Gasteiger partial charge in [0.05, 0.1) is 0 Å². The van der Waals surface area contributed by atoms with Gasteiger partial charge >= 0.3 is 0 Å². The third kappa shape index (κ3) is 5.11. The predicted octanol–water partition coefficient (Wildman–Crippen LogP) is 4.62. The molecule has 0 aromatic heterocycles. The van der Waals surface area contributed by atoms with Crippen LogP contribution in [0.1, 0.15) is 23.6 Å². The molecule has 0 fully saturated rings. The molecule has 21 heavy (non-hydrogen) atoms. The maximum Gasteiger partial charge on any atom is 0.0406 e. The highest BCUT2D eigenvalue weighted by molar-refractivity contribution is 9.10. The summed E-state index contributed by atoms with van der Waals surface area (Å²) < 4.78 is 1.15. The van der Waals surface area contributed by atoms with E-state index in [1.165, 1.54) is 5.56 Å². The molecule has 1 atom stereocenters. The van der Waals surface area contributed by atoms with Crippen molar-refractivity contribution < 1.29 is 0 Å². The number of nitrogens with zero attached hydrogens (tertiary/aromatic N) is 1. The van der Waals surface area contributed by atoms with Gasteiger partial charge in [0.1, 0.15) is 0 Å². The molecule has 112 valence electrons. The first-order valence-corrected chi connectivity index (χ1v) is 8.16. The molecule has 2 rings (SSSR count). The van der Waals surface area contributed by atoms with Crippen molar-refractivity contribution in [2.24, 2.45) is 5.73 Å². The molecule has 2 N–H and O–H groups in total. The van der Waals surface area contributed by atoms with Gasteiger partial charge in [-0.3, -0.25) is 0 Å². The van der Waals surface area contributed by atoms with Crippen LogP contribution in [0.5, 0.6) is 0 Å². The highest BCUT2D eigenvalue weighted by atomic mass is 79.9. The Kier molecular flexibility index (Phi) is 6.24. The van der Waals surface area contributed by atoms with Crippen molar-refractivity contribution in [1.29, 1.82) is 0 Å². The summed E-state index contributed by atoms with van der Waals surface area (Å²) in [6, 6.07) is 16.1. The van der Waals surface area contributed by atoms with Gasteiger partial charge in [-0.15, -0.1) is 0 Å². The third-order valence-electron chi connectivity index (χ3n) is 3.52. The average molecular weight is 368 g/mol. The van der Waals surface area contributed by atoms with Gasteiger partial charge in [0, 0.05) is 22.1 Å². The summed E-state index contributed by atoms with van der Waals surface area (Å²) in [4.78, 5) is 2.29. The fourth-order valence-corrected chi connectivity index (χ4v) is 2.77. The van der Waals surface area contributed by atoms with Gasteiger partial charge in [0.25, 0.3) is 0 Å². The van der Waals surface area contributed by atoms with Crippen molar-refractivity contribution in [3.05, 3.63) is 69.2 Å². The fourth-order valence-electron chi connectivity index (χ4n) is 2.23. The Hall–Kier alpha value is -0.870. The first-order valence-electron chi connectivity index (χ1n) is 6.99. The molecule has 2 aromatic carbocycles. The molecule has 0 amide bonds. The number of halogens is 2. The normalized spacial score (nSPS) is 12.6. The van der Waals surface area contributed by atoms with Crippen LogP contribution in [0.15, 0.2) is 53.0 Å². The lowest BCUT2D eigenvalue weighted by Gasteiger charge is -2.20. The Balaban J connectivity index is 1.85. The molecule has 1 unspecified atom stereocenters. The summed E-state index contributed by atoms with van der Waals surface area (Å²) in [6.07, 6.45) is 0.919. The highest BCUT2D eigenvalue weighted by Crippen LogP contribution is 2.20. The number of nitrogens with two attached hydrogens (primary N) is 1. The molecule has 0 saturated heterocycles. The van der Waals surface area contributed by atoms with Gasteiger partial charge in [-0.1, -0.05) is 57.9 Å². The minimum Gasteiger partial charge on any atom is -0.324 e. The average Bonchev–Trinajstić information content (AvgIpc) is 2.48. The van der Waals surface area contributed by atoms with E-state index in [1.54, 1.807) is 0 Å². The smallest absolute Gasteiger partial charge is 0.0406 e. The lowest BCUT2D eigenvalue weighted by Crippen LogP contribution is -2.23. The topological polar surface area (TPSA) is 29.3 Å².